The molecular formula is C44H87N2+. The summed E-state index contributed by atoms with van der Waals surface area (Å²) in [5.41, 5.74) is 0. The molecule has 0 aliphatic carbocycles. The molecule has 1 aromatic heterocycles. The summed E-state index contributed by atoms with van der Waals surface area (Å²) in [5.74, 6) is 2.25. The fraction of sp³-hybridized carbons (Fsp3) is 0.932. The number of unbranched alkanes of at least 4 members (excludes halogenated alkanes) is 29. The Morgan fingerprint density at radius 1 is 0.413 bits per heavy atom. The van der Waals surface area contributed by atoms with Crippen LogP contribution in [-0.2, 0) is 0 Å². The highest BCUT2D eigenvalue weighted by atomic mass is 15.1. The number of rotatable bonds is 37. The first-order valence-electron chi connectivity index (χ1n) is 21.8. The van der Waals surface area contributed by atoms with Gasteiger partial charge in [-0.2, -0.15) is 0 Å². The van der Waals surface area contributed by atoms with Crippen molar-refractivity contribution in [2.75, 3.05) is 0 Å². The van der Waals surface area contributed by atoms with E-state index in [4.69, 9.17) is 0 Å². The number of hydrogen-bond acceptors (Lipinski definition) is 0. The van der Waals surface area contributed by atoms with Gasteiger partial charge in [0.25, 0.3) is 5.82 Å². The zero-order valence-corrected chi connectivity index (χ0v) is 32.5. The summed E-state index contributed by atoms with van der Waals surface area (Å²) >= 11 is 0. The van der Waals surface area contributed by atoms with Crippen LogP contribution in [0.25, 0.3) is 0 Å². The zero-order valence-electron chi connectivity index (χ0n) is 32.5. The molecule has 1 heterocycles. The molecule has 46 heavy (non-hydrogen) atoms. The van der Waals surface area contributed by atoms with Crippen molar-refractivity contribution < 1.29 is 4.57 Å². The highest BCUT2D eigenvalue weighted by Gasteiger charge is 2.25. The molecule has 0 radical (unpaired) electrons. The number of H-pyrrole nitrogens is 1. The first kappa shape index (κ1) is 43.2. The average molecular weight is 644 g/mol. The van der Waals surface area contributed by atoms with Crippen LogP contribution in [0.3, 0.4) is 0 Å². The van der Waals surface area contributed by atoms with E-state index in [0.717, 1.165) is 0 Å². The highest BCUT2D eigenvalue weighted by Crippen LogP contribution is 2.27. The summed E-state index contributed by atoms with van der Waals surface area (Å²) < 4.78 is 2.64. The van der Waals surface area contributed by atoms with Gasteiger partial charge in [-0.25, -0.2) is 9.55 Å². The van der Waals surface area contributed by atoms with Crippen molar-refractivity contribution >= 4 is 0 Å². The number of nitrogens with one attached hydrogen (secondary N) is 1. The van der Waals surface area contributed by atoms with Crippen LogP contribution in [0.5, 0.6) is 0 Å². The Labute approximate surface area is 291 Å². The first-order valence-corrected chi connectivity index (χ1v) is 21.8. The van der Waals surface area contributed by atoms with E-state index in [2.05, 4.69) is 49.6 Å². The SMILES string of the molecule is CCCCCCCCCCCCCCCCCC(CCCCCCC)c1[nH]cc[n+]1C(C)CCCCCCCCCCCCCC. The molecule has 272 valence electrons. The Hall–Kier alpha value is -0.790. The van der Waals surface area contributed by atoms with E-state index < -0.39 is 0 Å². The van der Waals surface area contributed by atoms with Crippen LogP contribution in [-0.4, -0.2) is 4.98 Å². The molecule has 1 aromatic rings. The summed E-state index contributed by atoms with van der Waals surface area (Å²) in [7, 11) is 0. The summed E-state index contributed by atoms with van der Waals surface area (Å²) in [6, 6.07) is 0.619. The second-order valence-corrected chi connectivity index (χ2v) is 15.4. The first-order chi connectivity index (χ1) is 22.7. The molecule has 0 bridgehead atoms. The van der Waals surface area contributed by atoms with E-state index in [-0.39, 0.29) is 0 Å². The van der Waals surface area contributed by atoms with Gasteiger partial charge in [0.2, 0.25) is 0 Å². The third-order valence-corrected chi connectivity index (χ3v) is 10.9. The Morgan fingerprint density at radius 3 is 1.02 bits per heavy atom. The standard InChI is InChI=1S/C44H86N2/c1-5-8-11-14-16-18-20-22-23-24-26-28-30-33-36-39-43(38-35-31-13-10-7-3)44-45-40-41-46(44)42(4)37-34-32-29-27-25-21-19-17-15-12-9-6-2/h40-43H,5-39H2,1-4H3/p+1. The fourth-order valence-corrected chi connectivity index (χ4v) is 7.66. The maximum atomic E-state index is 3.75. The van der Waals surface area contributed by atoms with Crippen LogP contribution >= 0.6 is 0 Å². The molecule has 0 saturated heterocycles. The number of aromatic amines is 1. The van der Waals surface area contributed by atoms with Gasteiger partial charge in [0.1, 0.15) is 12.4 Å². The van der Waals surface area contributed by atoms with Crippen molar-refractivity contribution in [3.8, 4) is 0 Å². The van der Waals surface area contributed by atoms with Gasteiger partial charge in [0, 0.05) is 0 Å². The van der Waals surface area contributed by atoms with E-state index in [1.165, 1.54) is 231 Å². The summed E-state index contributed by atoms with van der Waals surface area (Å²) in [4.78, 5) is 3.75. The molecule has 2 heteroatoms. The average Bonchev–Trinajstić information content (AvgIpc) is 3.56. The summed E-state index contributed by atoms with van der Waals surface area (Å²) in [5, 5.41) is 0. The van der Waals surface area contributed by atoms with Gasteiger partial charge in [-0.05, 0) is 32.6 Å². The molecule has 0 aliphatic rings. The monoisotopic (exact) mass is 644 g/mol. The minimum atomic E-state index is 0.619. The largest absolute Gasteiger partial charge is 0.257 e. The smallest absolute Gasteiger partial charge is 0.247 e. The molecule has 1 rings (SSSR count). The molecule has 0 saturated carbocycles. The molecule has 0 fully saturated rings. The van der Waals surface area contributed by atoms with E-state index in [1.807, 2.05) is 0 Å². The number of nitrogens with zero attached hydrogens (tertiary/aromatic N) is 1. The number of aromatic nitrogens is 2. The predicted octanol–water partition coefficient (Wildman–Crippen LogP) is 15.7. The van der Waals surface area contributed by atoms with Crippen molar-refractivity contribution in [2.45, 2.75) is 264 Å². The minimum Gasteiger partial charge on any atom is -0.247 e. The molecule has 0 spiro atoms. The maximum absolute atomic E-state index is 3.75. The molecule has 0 aromatic carbocycles. The van der Waals surface area contributed by atoms with Gasteiger partial charge in [-0.3, -0.25) is 0 Å². The number of imidazole rings is 1. The van der Waals surface area contributed by atoms with Crippen molar-refractivity contribution in [3.05, 3.63) is 18.2 Å². The lowest BCUT2D eigenvalue weighted by molar-refractivity contribution is -0.727. The van der Waals surface area contributed by atoms with Crippen LogP contribution < -0.4 is 4.57 Å². The fourth-order valence-electron chi connectivity index (χ4n) is 7.66. The third kappa shape index (κ3) is 25.3. The lowest BCUT2D eigenvalue weighted by Crippen LogP contribution is -2.41. The highest BCUT2D eigenvalue weighted by molar-refractivity contribution is 4.90. The van der Waals surface area contributed by atoms with Crippen molar-refractivity contribution in [1.82, 2.24) is 4.98 Å². The maximum Gasteiger partial charge on any atom is 0.257 e. The second-order valence-electron chi connectivity index (χ2n) is 15.4. The predicted molar refractivity (Wildman–Crippen MR) is 207 cm³/mol. The Morgan fingerprint density at radius 2 is 0.696 bits per heavy atom. The molecule has 1 N–H and O–H groups in total. The summed E-state index contributed by atoms with van der Waals surface area (Å²) in [6.45, 7) is 9.43. The van der Waals surface area contributed by atoms with Crippen LogP contribution in [0.4, 0.5) is 0 Å². The van der Waals surface area contributed by atoms with Gasteiger partial charge in [-0.1, -0.05) is 220 Å². The molecule has 2 atom stereocenters. The molecule has 0 amide bonds. The molecule has 2 unspecified atom stereocenters. The Bertz CT molecular complexity index is 709. The lowest BCUT2D eigenvalue weighted by Gasteiger charge is -2.17. The minimum absolute atomic E-state index is 0.619. The van der Waals surface area contributed by atoms with Crippen LogP contribution in [0.2, 0.25) is 0 Å². The van der Waals surface area contributed by atoms with Gasteiger partial charge in [0.15, 0.2) is 0 Å². The topological polar surface area (TPSA) is 19.7 Å². The van der Waals surface area contributed by atoms with Crippen molar-refractivity contribution in [2.24, 2.45) is 0 Å². The van der Waals surface area contributed by atoms with Gasteiger partial charge in [-0.15, -0.1) is 0 Å². The zero-order chi connectivity index (χ0) is 33.2. The van der Waals surface area contributed by atoms with Crippen molar-refractivity contribution in [1.29, 1.82) is 0 Å². The van der Waals surface area contributed by atoms with Gasteiger partial charge in [0.05, 0.1) is 12.0 Å². The summed E-state index contributed by atoms with van der Waals surface area (Å²) in [6.07, 6.45) is 54.6. The third-order valence-electron chi connectivity index (χ3n) is 10.9. The molecule has 2 nitrogen and oxygen atoms in total. The van der Waals surface area contributed by atoms with Gasteiger partial charge >= 0.3 is 0 Å². The van der Waals surface area contributed by atoms with Crippen molar-refractivity contribution in [3.63, 3.8) is 0 Å². The second kappa shape index (κ2) is 34.1. The van der Waals surface area contributed by atoms with E-state index in [9.17, 15) is 0 Å². The van der Waals surface area contributed by atoms with Gasteiger partial charge < -0.3 is 0 Å². The van der Waals surface area contributed by atoms with Crippen LogP contribution in [0.1, 0.15) is 270 Å². The quantitative estimate of drug-likeness (QED) is 0.0550. The van der Waals surface area contributed by atoms with E-state index >= 15 is 0 Å². The Balaban J connectivity index is 2.28. The Kier molecular flexibility index (Phi) is 32.0. The lowest BCUT2D eigenvalue weighted by atomic mass is 9.93. The van der Waals surface area contributed by atoms with E-state index in [1.54, 1.807) is 0 Å². The normalized spacial score (nSPS) is 13.0. The molecular weight excluding hydrogens is 556 g/mol. The molecule has 0 aliphatic heterocycles. The number of hydrogen-bond donors (Lipinski definition) is 1. The van der Waals surface area contributed by atoms with Crippen LogP contribution in [0, 0.1) is 0 Å². The van der Waals surface area contributed by atoms with Crippen LogP contribution in [0.15, 0.2) is 12.4 Å². The van der Waals surface area contributed by atoms with E-state index in [0.29, 0.717) is 12.0 Å².